The number of hydrogen-bond acceptors (Lipinski definition) is 5. The van der Waals surface area contributed by atoms with E-state index in [4.69, 9.17) is 0 Å². The Kier molecular flexibility index (Phi) is 4.04. The second kappa shape index (κ2) is 6.13. The molecule has 1 unspecified atom stereocenters. The van der Waals surface area contributed by atoms with Crippen LogP contribution in [0, 0.1) is 6.92 Å². The van der Waals surface area contributed by atoms with Crippen molar-refractivity contribution in [3.05, 3.63) is 29.8 Å². The van der Waals surface area contributed by atoms with Crippen molar-refractivity contribution < 1.29 is 4.79 Å². The summed E-state index contributed by atoms with van der Waals surface area (Å²) in [6.45, 7) is 5.42. The molecule has 1 aromatic carbocycles. The number of benzene rings is 1. The number of amides is 1. The average Bonchev–Trinajstić information content (AvgIpc) is 3.17. The zero-order valence-electron chi connectivity index (χ0n) is 12.9. The molecule has 2 aromatic rings. The molecule has 1 amide bonds. The molecule has 22 heavy (non-hydrogen) atoms. The van der Waals surface area contributed by atoms with E-state index in [0.717, 1.165) is 18.7 Å². The van der Waals surface area contributed by atoms with Crippen LogP contribution in [0.5, 0.6) is 0 Å². The van der Waals surface area contributed by atoms with Crippen LogP contribution in [-0.2, 0) is 4.79 Å². The molecular weight excluding hydrogens is 280 g/mol. The van der Waals surface area contributed by atoms with E-state index in [2.05, 4.69) is 20.8 Å². The molecule has 1 fully saturated rings. The van der Waals surface area contributed by atoms with Gasteiger partial charge < -0.3 is 10.2 Å². The number of likely N-dealkylation sites (tertiary alicyclic amines) is 1. The standard InChI is InChI=1S/C15H20N6O/c1-3-14(22)20-9-8-12(10-20)16-15-17-18-19-21(15)13-6-4-11(2)5-7-13/h4-7,12H,3,8-10H2,1-2H3,(H,16,17,19). The number of anilines is 1. The Morgan fingerprint density at radius 3 is 2.86 bits per heavy atom. The van der Waals surface area contributed by atoms with Gasteiger partial charge in [-0.05, 0) is 35.9 Å². The largest absolute Gasteiger partial charge is 0.348 e. The second-order valence-electron chi connectivity index (χ2n) is 5.57. The van der Waals surface area contributed by atoms with Crippen LogP contribution >= 0.6 is 0 Å². The summed E-state index contributed by atoms with van der Waals surface area (Å²) in [5, 5.41) is 15.2. The Labute approximate surface area is 129 Å². The number of rotatable bonds is 4. The lowest BCUT2D eigenvalue weighted by molar-refractivity contribution is -0.129. The summed E-state index contributed by atoms with van der Waals surface area (Å²) >= 11 is 0. The normalized spacial score (nSPS) is 17.7. The van der Waals surface area contributed by atoms with Crippen molar-refractivity contribution >= 4 is 11.9 Å². The van der Waals surface area contributed by atoms with Gasteiger partial charge in [0.2, 0.25) is 11.9 Å². The third-order valence-electron chi connectivity index (χ3n) is 3.92. The highest BCUT2D eigenvalue weighted by Crippen LogP contribution is 2.17. The third kappa shape index (κ3) is 2.93. The smallest absolute Gasteiger partial charge is 0.248 e. The summed E-state index contributed by atoms with van der Waals surface area (Å²) in [5.41, 5.74) is 2.11. The minimum Gasteiger partial charge on any atom is -0.348 e. The van der Waals surface area contributed by atoms with Gasteiger partial charge in [-0.1, -0.05) is 29.7 Å². The van der Waals surface area contributed by atoms with Crippen LogP contribution in [0.1, 0.15) is 25.3 Å². The second-order valence-corrected chi connectivity index (χ2v) is 5.57. The molecule has 1 atom stereocenters. The van der Waals surface area contributed by atoms with Crippen molar-refractivity contribution in [2.24, 2.45) is 0 Å². The van der Waals surface area contributed by atoms with Crippen molar-refractivity contribution in [2.45, 2.75) is 32.7 Å². The Morgan fingerprint density at radius 1 is 1.36 bits per heavy atom. The summed E-state index contributed by atoms with van der Waals surface area (Å²) in [7, 11) is 0. The number of carbonyl (C=O) groups is 1. The lowest BCUT2D eigenvalue weighted by Crippen LogP contribution is -2.31. The van der Waals surface area contributed by atoms with Crippen LogP contribution in [0.4, 0.5) is 5.95 Å². The maximum Gasteiger partial charge on any atom is 0.248 e. The van der Waals surface area contributed by atoms with E-state index in [0.29, 0.717) is 18.9 Å². The molecule has 1 aliphatic heterocycles. The Balaban J connectivity index is 1.71. The SMILES string of the molecule is CCC(=O)N1CCC(Nc2nnnn2-c2ccc(C)cc2)C1. The lowest BCUT2D eigenvalue weighted by Gasteiger charge is -2.16. The highest BCUT2D eigenvalue weighted by molar-refractivity contribution is 5.76. The molecule has 0 saturated carbocycles. The summed E-state index contributed by atoms with van der Waals surface area (Å²) in [6.07, 6.45) is 1.46. The monoisotopic (exact) mass is 300 g/mol. The summed E-state index contributed by atoms with van der Waals surface area (Å²) < 4.78 is 1.68. The van der Waals surface area contributed by atoms with Crippen LogP contribution in [0.25, 0.3) is 5.69 Å². The molecule has 2 heterocycles. The molecule has 1 aromatic heterocycles. The van der Waals surface area contributed by atoms with Crippen molar-refractivity contribution in [2.75, 3.05) is 18.4 Å². The molecule has 1 saturated heterocycles. The predicted molar refractivity (Wildman–Crippen MR) is 82.8 cm³/mol. The van der Waals surface area contributed by atoms with E-state index < -0.39 is 0 Å². The fourth-order valence-electron chi connectivity index (χ4n) is 2.65. The van der Waals surface area contributed by atoms with Gasteiger partial charge in [0, 0.05) is 25.6 Å². The van der Waals surface area contributed by atoms with Gasteiger partial charge in [0.25, 0.3) is 0 Å². The molecule has 0 spiro atoms. The number of aryl methyl sites for hydroxylation is 1. The van der Waals surface area contributed by atoms with Gasteiger partial charge in [-0.25, -0.2) is 0 Å². The average molecular weight is 300 g/mol. The maximum absolute atomic E-state index is 11.7. The highest BCUT2D eigenvalue weighted by atomic mass is 16.2. The fourth-order valence-corrected chi connectivity index (χ4v) is 2.65. The minimum absolute atomic E-state index is 0.186. The first-order chi connectivity index (χ1) is 10.7. The van der Waals surface area contributed by atoms with Crippen molar-refractivity contribution in [3.63, 3.8) is 0 Å². The summed E-state index contributed by atoms with van der Waals surface area (Å²) in [5.74, 6) is 0.807. The Bertz CT molecular complexity index is 650. The lowest BCUT2D eigenvalue weighted by atomic mass is 10.2. The van der Waals surface area contributed by atoms with Gasteiger partial charge in [0.15, 0.2) is 0 Å². The van der Waals surface area contributed by atoms with Gasteiger partial charge in [0.05, 0.1) is 5.69 Å². The molecule has 1 N–H and O–H groups in total. The molecule has 116 valence electrons. The van der Waals surface area contributed by atoms with Crippen molar-refractivity contribution in [3.8, 4) is 5.69 Å². The molecule has 0 radical (unpaired) electrons. The van der Waals surface area contributed by atoms with E-state index >= 15 is 0 Å². The summed E-state index contributed by atoms with van der Waals surface area (Å²) in [4.78, 5) is 13.6. The number of nitrogens with one attached hydrogen (secondary N) is 1. The first kappa shape index (κ1) is 14.5. The number of nitrogens with zero attached hydrogens (tertiary/aromatic N) is 5. The quantitative estimate of drug-likeness (QED) is 0.923. The zero-order chi connectivity index (χ0) is 15.5. The predicted octanol–water partition coefficient (Wildman–Crippen LogP) is 1.39. The fraction of sp³-hybridized carbons (Fsp3) is 0.467. The van der Waals surface area contributed by atoms with Crippen molar-refractivity contribution in [1.29, 1.82) is 0 Å². The van der Waals surface area contributed by atoms with Crippen LogP contribution < -0.4 is 5.32 Å². The van der Waals surface area contributed by atoms with Crippen molar-refractivity contribution in [1.82, 2.24) is 25.1 Å². The molecule has 0 aliphatic carbocycles. The van der Waals surface area contributed by atoms with Gasteiger partial charge in [-0.2, -0.15) is 4.68 Å². The van der Waals surface area contributed by atoms with Crippen LogP contribution in [0.15, 0.2) is 24.3 Å². The van der Waals surface area contributed by atoms with Crippen LogP contribution in [0.3, 0.4) is 0 Å². The summed E-state index contributed by atoms with van der Waals surface area (Å²) in [6, 6.07) is 8.21. The van der Waals surface area contributed by atoms with Crippen LogP contribution in [-0.4, -0.2) is 50.1 Å². The van der Waals surface area contributed by atoms with Gasteiger partial charge >= 0.3 is 0 Å². The van der Waals surface area contributed by atoms with Crippen LogP contribution in [0.2, 0.25) is 0 Å². The molecule has 7 heteroatoms. The van der Waals surface area contributed by atoms with Gasteiger partial charge in [-0.15, -0.1) is 0 Å². The van der Waals surface area contributed by atoms with Gasteiger partial charge in [-0.3, -0.25) is 4.79 Å². The molecule has 7 nitrogen and oxygen atoms in total. The van der Waals surface area contributed by atoms with E-state index in [1.54, 1.807) is 4.68 Å². The highest BCUT2D eigenvalue weighted by Gasteiger charge is 2.26. The van der Waals surface area contributed by atoms with E-state index in [1.807, 2.05) is 43.0 Å². The Hall–Kier alpha value is -2.44. The number of tetrazole rings is 1. The molecule has 0 bridgehead atoms. The van der Waals surface area contributed by atoms with E-state index in [1.165, 1.54) is 5.56 Å². The number of carbonyl (C=O) groups excluding carboxylic acids is 1. The number of aromatic nitrogens is 4. The van der Waals surface area contributed by atoms with E-state index in [-0.39, 0.29) is 11.9 Å². The first-order valence-corrected chi connectivity index (χ1v) is 7.57. The molecular formula is C15H20N6O. The van der Waals surface area contributed by atoms with Gasteiger partial charge in [0.1, 0.15) is 0 Å². The third-order valence-corrected chi connectivity index (χ3v) is 3.92. The minimum atomic E-state index is 0.186. The molecule has 3 rings (SSSR count). The maximum atomic E-state index is 11.7. The Morgan fingerprint density at radius 2 is 2.14 bits per heavy atom. The topological polar surface area (TPSA) is 75.9 Å². The van der Waals surface area contributed by atoms with E-state index in [9.17, 15) is 4.79 Å². The zero-order valence-corrected chi connectivity index (χ0v) is 12.9. The first-order valence-electron chi connectivity index (χ1n) is 7.57. The molecule has 1 aliphatic rings. The number of hydrogen-bond donors (Lipinski definition) is 1.